The van der Waals surface area contributed by atoms with E-state index in [0.29, 0.717) is 28.0 Å². The van der Waals surface area contributed by atoms with Gasteiger partial charge in [0.25, 0.3) is 5.79 Å². The second-order valence-electron chi connectivity index (χ2n) is 9.06. The molecule has 3 aromatic rings. The Kier molecular flexibility index (Phi) is 5.44. The third kappa shape index (κ3) is 4.13. The van der Waals surface area contributed by atoms with Crippen molar-refractivity contribution in [2.24, 2.45) is 0 Å². The highest BCUT2D eigenvalue weighted by Gasteiger charge is 2.42. The van der Waals surface area contributed by atoms with Crippen LogP contribution in [0.5, 0.6) is 11.5 Å². The molecule has 7 nitrogen and oxygen atoms in total. The maximum Gasteiger partial charge on any atom is 0.251 e. The SMILES string of the molecule is O=C(CSc1nnc(-c2ccccc2F)n1C1CC1)Nc1ccc2c(c1)OC1(CCCCC1)O2. The fraction of sp³-hybridized carbons (Fsp3) is 0.400. The largest absolute Gasteiger partial charge is 0.448 e. The van der Waals surface area contributed by atoms with Gasteiger partial charge in [0.2, 0.25) is 5.91 Å². The Balaban J connectivity index is 1.12. The van der Waals surface area contributed by atoms with Crippen LogP contribution in [0.15, 0.2) is 47.6 Å². The number of aromatic nitrogens is 3. The summed E-state index contributed by atoms with van der Waals surface area (Å²) >= 11 is 1.31. The normalized spacial score (nSPS) is 18.3. The van der Waals surface area contributed by atoms with Gasteiger partial charge in [0.15, 0.2) is 22.5 Å². The summed E-state index contributed by atoms with van der Waals surface area (Å²) in [5.74, 6) is 1.05. The van der Waals surface area contributed by atoms with Crippen molar-refractivity contribution in [2.45, 2.75) is 61.9 Å². The van der Waals surface area contributed by atoms with Crippen molar-refractivity contribution in [2.75, 3.05) is 11.1 Å². The first-order valence-electron chi connectivity index (χ1n) is 11.7. The minimum atomic E-state index is -0.540. The molecule has 1 aromatic heterocycles. The van der Waals surface area contributed by atoms with E-state index in [-0.39, 0.29) is 23.5 Å². The number of anilines is 1. The Hall–Kier alpha value is -3.07. The zero-order valence-corrected chi connectivity index (χ0v) is 19.4. The van der Waals surface area contributed by atoms with E-state index in [2.05, 4.69) is 15.5 Å². The topological polar surface area (TPSA) is 78.3 Å². The second kappa shape index (κ2) is 8.61. The lowest BCUT2D eigenvalue weighted by Gasteiger charge is -2.31. The third-order valence-electron chi connectivity index (χ3n) is 6.46. The highest BCUT2D eigenvalue weighted by Crippen LogP contribution is 2.46. The number of ether oxygens (including phenoxy) is 2. The zero-order valence-electron chi connectivity index (χ0n) is 18.6. The van der Waals surface area contributed by atoms with Crippen LogP contribution in [0.3, 0.4) is 0 Å². The Labute approximate surface area is 201 Å². The number of carbonyl (C=O) groups excluding carboxylic acids is 1. The number of nitrogens with zero attached hydrogens (tertiary/aromatic N) is 3. The van der Waals surface area contributed by atoms with Gasteiger partial charge in [-0.05, 0) is 49.9 Å². The van der Waals surface area contributed by atoms with Crippen molar-refractivity contribution < 1.29 is 18.7 Å². The molecule has 0 unspecified atom stereocenters. The van der Waals surface area contributed by atoms with Gasteiger partial charge in [-0.1, -0.05) is 30.3 Å². The first-order valence-corrected chi connectivity index (χ1v) is 12.7. The molecule has 0 saturated heterocycles. The molecule has 1 aliphatic heterocycles. The van der Waals surface area contributed by atoms with Crippen LogP contribution in [0.2, 0.25) is 0 Å². The fourth-order valence-corrected chi connectivity index (χ4v) is 5.46. The summed E-state index contributed by atoms with van der Waals surface area (Å²) in [6.07, 6.45) is 7.17. The maximum atomic E-state index is 14.3. The molecule has 1 amide bonds. The fourth-order valence-electron chi connectivity index (χ4n) is 4.66. The van der Waals surface area contributed by atoms with Crippen LogP contribution in [0.1, 0.15) is 51.0 Å². The van der Waals surface area contributed by atoms with Crippen molar-refractivity contribution in [3.05, 3.63) is 48.3 Å². The van der Waals surface area contributed by atoms with Gasteiger partial charge in [-0.25, -0.2) is 4.39 Å². The van der Waals surface area contributed by atoms with Gasteiger partial charge < -0.3 is 14.8 Å². The average Bonchev–Trinajstić information content (AvgIpc) is 3.49. The number of hydrogen-bond donors (Lipinski definition) is 1. The molecule has 2 aromatic carbocycles. The highest BCUT2D eigenvalue weighted by atomic mass is 32.2. The maximum absolute atomic E-state index is 14.3. The molecule has 2 fully saturated rings. The van der Waals surface area contributed by atoms with E-state index in [1.165, 1.54) is 24.2 Å². The van der Waals surface area contributed by atoms with E-state index in [1.54, 1.807) is 18.2 Å². The van der Waals surface area contributed by atoms with E-state index in [9.17, 15) is 9.18 Å². The molecule has 176 valence electrons. The number of rotatable bonds is 6. The molecular formula is C25H25FN4O3S. The standard InChI is InChI=1S/C25H25FN4O3S/c26-19-7-3-2-6-18(19)23-28-29-24(30(23)17-9-10-17)34-15-22(31)27-16-8-11-20-21(14-16)33-25(32-20)12-4-1-5-13-25/h2-3,6-8,11,14,17H,1,4-5,9-10,12-13,15H2,(H,27,31). The molecule has 2 saturated carbocycles. The Bertz CT molecular complexity index is 1240. The predicted octanol–water partition coefficient (Wildman–Crippen LogP) is 5.58. The summed E-state index contributed by atoms with van der Waals surface area (Å²) in [6.45, 7) is 0. The minimum absolute atomic E-state index is 0.158. The number of benzene rings is 2. The van der Waals surface area contributed by atoms with Crippen molar-refractivity contribution in [1.82, 2.24) is 14.8 Å². The summed E-state index contributed by atoms with van der Waals surface area (Å²) in [4.78, 5) is 12.7. The van der Waals surface area contributed by atoms with Crippen LogP contribution in [0.4, 0.5) is 10.1 Å². The highest BCUT2D eigenvalue weighted by molar-refractivity contribution is 7.99. The molecule has 0 radical (unpaired) electrons. The van der Waals surface area contributed by atoms with Gasteiger partial charge in [0.1, 0.15) is 5.82 Å². The van der Waals surface area contributed by atoms with Crippen LogP contribution in [-0.2, 0) is 4.79 Å². The molecular weight excluding hydrogens is 455 g/mol. The molecule has 1 N–H and O–H groups in total. The van der Waals surface area contributed by atoms with Crippen LogP contribution in [0, 0.1) is 5.82 Å². The van der Waals surface area contributed by atoms with Gasteiger partial charge >= 0.3 is 0 Å². The van der Waals surface area contributed by atoms with Gasteiger partial charge in [-0.15, -0.1) is 10.2 Å². The third-order valence-corrected chi connectivity index (χ3v) is 7.40. The van der Waals surface area contributed by atoms with Crippen molar-refractivity contribution >= 4 is 23.4 Å². The van der Waals surface area contributed by atoms with Crippen LogP contribution in [-0.4, -0.2) is 32.2 Å². The Morgan fingerprint density at radius 2 is 1.88 bits per heavy atom. The van der Waals surface area contributed by atoms with Crippen molar-refractivity contribution in [1.29, 1.82) is 0 Å². The second-order valence-corrected chi connectivity index (χ2v) is 10.0. The van der Waals surface area contributed by atoms with Gasteiger partial charge in [-0.3, -0.25) is 9.36 Å². The van der Waals surface area contributed by atoms with E-state index in [0.717, 1.165) is 44.3 Å². The monoisotopic (exact) mass is 480 g/mol. The van der Waals surface area contributed by atoms with Crippen molar-refractivity contribution in [3.8, 4) is 22.9 Å². The molecule has 6 rings (SSSR count). The number of carbonyl (C=O) groups is 1. The number of thioether (sulfide) groups is 1. The molecule has 2 aliphatic carbocycles. The van der Waals surface area contributed by atoms with E-state index in [4.69, 9.17) is 9.47 Å². The number of fused-ring (bicyclic) bond motifs is 1. The summed E-state index contributed by atoms with van der Waals surface area (Å²) in [5, 5.41) is 12.1. The first-order chi connectivity index (χ1) is 16.6. The Morgan fingerprint density at radius 3 is 2.68 bits per heavy atom. The summed E-state index contributed by atoms with van der Waals surface area (Å²) < 4.78 is 28.6. The summed E-state index contributed by atoms with van der Waals surface area (Å²) in [7, 11) is 0. The van der Waals surface area contributed by atoms with E-state index < -0.39 is 5.79 Å². The number of halogens is 1. The summed E-state index contributed by atoms with van der Waals surface area (Å²) in [6, 6.07) is 12.3. The molecule has 2 heterocycles. The number of hydrogen-bond acceptors (Lipinski definition) is 6. The first kappa shape index (κ1) is 21.5. The summed E-state index contributed by atoms with van der Waals surface area (Å²) in [5.41, 5.74) is 1.09. The molecule has 0 bridgehead atoms. The lowest BCUT2D eigenvalue weighted by atomic mass is 9.94. The smallest absolute Gasteiger partial charge is 0.251 e. The molecule has 34 heavy (non-hydrogen) atoms. The van der Waals surface area contributed by atoms with Gasteiger partial charge in [0, 0.05) is 30.6 Å². The molecule has 0 atom stereocenters. The minimum Gasteiger partial charge on any atom is -0.448 e. The average molecular weight is 481 g/mol. The lowest BCUT2D eigenvalue weighted by Crippen LogP contribution is -2.40. The number of nitrogens with one attached hydrogen (secondary N) is 1. The quantitative estimate of drug-likeness (QED) is 0.464. The van der Waals surface area contributed by atoms with Crippen molar-refractivity contribution in [3.63, 3.8) is 0 Å². The van der Waals surface area contributed by atoms with Gasteiger partial charge in [0.05, 0.1) is 11.3 Å². The predicted molar refractivity (Wildman–Crippen MR) is 127 cm³/mol. The van der Waals surface area contributed by atoms with Crippen LogP contribution in [0.25, 0.3) is 11.4 Å². The van der Waals surface area contributed by atoms with Crippen LogP contribution < -0.4 is 14.8 Å². The van der Waals surface area contributed by atoms with Gasteiger partial charge in [-0.2, -0.15) is 0 Å². The molecule has 3 aliphatic rings. The van der Waals surface area contributed by atoms with E-state index >= 15 is 0 Å². The van der Waals surface area contributed by atoms with Crippen LogP contribution >= 0.6 is 11.8 Å². The Morgan fingerprint density at radius 1 is 1.09 bits per heavy atom. The van der Waals surface area contributed by atoms with E-state index in [1.807, 2.05) is 22.8 Å². The number of amides is 1. The lowest BCUT2D eigenvalue weighted by molar-refractivity contribution is -0.113. The zero-order chi connectivity index (χ0) is 23.1. The molecule has 9 heteroatoms. The molecule has 1 spiro atoms.